The number of carbonyl (C=O) groups excluding carboxylic acids is 1. The van der Waals surface area contributed by atoms with E-state index in [2.05, 4.69) is 22.6 Å². The summed E-state index contributed by atoms with van der Waals surface area (Å²) in [7, 11) is 0. The Morgan fingerprint density at radius 2 is 2.09 bits per heavy atom. The van der Waals surface area contributed by atoms with E-state index < -0.39 is 0 Å². The maximum Gasteiger partial charge on any atom is 0.224 e. The van der Waals surface area contributed by atoms with Crippen molar-refractivity contribution < 1.29 is 14.1 Å². The molecular weight excluding hydrogens is 280 g/mol. The maximum atomic E-state index is 12.1. The molecule has 22 heavy (non-hydrogen) atoms. The molecule has 1 atom stereocenters. The number of nitrogens with one attached hydrogen (secondary N) is 1. The van der Waals surface area contributed by atoms with Gasteiger partial charge in [-0.25, -0.2) is 0 Å². The van der Waals surface area contributed by atoms with Crippen LogP contribution >= 0.6 is 0 Å². The van der Waals surface area contributed by atoms with Crippen LogP contribution in [0.1, 0.15) is 28.1 Å². The van der Waals surface area contributed by atoms with Gasteiger partial charge in [-0.15, -0.1) is 0 Å². The maximum absolute atomic E-state index is 12.1. The van der Waals surface area contributed by atoms with Crippen molar-refractivity contribution in [2.75, 3.05) is 6.54 Å². The highest BCUT2D eigenvalue weighted by Gasteiger charge is 2.20. The lowest BCUT2D eigenvalue weighted by atomic mass is 9.99. The molecule has 0 fully saturated rings. The van der Waals surface area contributed by atoms with Crippen LogP contribution in [0.15, 0.2) is 28.8 Å². The molecule has 5 nitrogen and oxygen atoms in total. The third kappa shape index (κ3) is 3.20. The molecule has 1 aliphatic heterocycles. The van der Waals surface area contributed by atoms with Crippen molar-refractivity contribution in [3.8, 4) is 0 Å². The second kappa shape index (κ2) is 6.32. The lowest BCUT2D eigenvalue weighted by molar-refractivity contribution is -0.121. The molecule has 0 spiro atoms. The van der Waals surface area contributed by atoms with Crippen molar-refractivity contribution in [1.29, 1.82) is 0 Å². The minimum atomic E-state index is -0.0307. The van der Waals surface area contributed by atoms with Gasteiger partial charge in [0.25, 0.3) is 0 Å². The number of carbonyl (C=O) groups is 1. The Kier molecular flexibility index (Phi) is 4.24. The molecule has 1 aromatic carbocycles. The molecule has 1 aromatic heterocycles. The van der Waals surface area contributed by atoms with Crippen LogP contribution in [0.5, 0.6) is 0 Å². The zero-order valence-electron chi connectivity index (χ0n) is 12.9. The SMILES string of the molecule is Cc1noc(C)c1CC(=O)NCC1Cc2ccccc2CO1. The van der Waals surface area contributed by atoms with E-state index in [0.29, 0.717) is 25.3 Å². The first kappa shape index (κ1) is 14.8. The van der Waals surface area contributed by atoms with Gasteiger partial charge in [-0.2, -0.15) is 0 Å². The molecule has 1 unspecified atom stereocenters. The van der Waals surface area contributed by atoms with Gasteiger partial charge in [-0.3, -0.25) is 4.79 Å². The molecule has 5 heteroatoms. The fourth-order valence-corrected chi connectivity index (χ4v) is 2.75. The molecular formula is C17H20N2O3. The quantitative estimate of drug-likeness (QED) is 0.939. The van der Waals surface area contributed by atoms with Crippen molar-refractivity contribution in [2.24, 2.45) is 0 Å². The first-order chi connectivity index (χ1) is 10.6. The summed E-state index contributed by atoms with van der Waals surface area (Å²) < 4.78 is 10.9. The van der Waals surface area contributed by atoms with Gasteiger partial charge in [-0.1, -0.05) is 29.4 Å². The molecule has 2 aromatic rings. The fraction of sp³-hybridized carbons (Fsp3) is 0.412. The fourth-order valence-electron chi connectivity index (χ4n) is 2.75. The second-order valence-corrected chi connectivity index (χ2v) is 5.69. The van der Waals surface area contributed by atoms with E-state index in [1.54, 1.807) is 0 Å². The summed E-state index contributed by atoms with van der Waals surface area (Å²) in [5.41, 5.74) is 4.18. The monoisotopic (exact) mass is 300 g/mol. The standard InChI is InChI=1S/C17H20N2O3/c1-11-16(12(2)22-19-11)8-17(20)18-9-15-7-13-5-3-4-6-14(13)10-21-15/h3-6,15H,7-10H2,1-2H3,(H,18,20). The molecule has 1 N–H and O–H groups in total. The van der Waals surface area contributed by atoms with E-state index >= 15 is 0 Å². The molecule has 0 radical (unpaired) electrons. The summed E-state index contributed by atoms with van der Waals surface area (Å²) in [5.74, 6) is 0.673. The van der Waals surface area contributed by atoms with Gasteiger partial charge in [0.05, 0.1) is 24.8 Å². The molecule has 0 aliphatic carbocycles. The Bertz CT molecular complexity index is 659. The Balaban J connectivity index is 1.52. The number of amides is 1. The van der Waals surface area contributed by atoms with E-state index in [-0.39, 0.29) is 12.0 Å². The largest absolute Gasteiger partial charge is 0.371 e. The third-order valence-corrected chi connectivity index (χ3v) is 4.09. The van der Waals surface area contributed by atoms with Crippen LogP contribution in [0.3, 0.4) is 0 Å². The number of hydrogen-bond donors (Lipinski definition) is 1. The highest BCUT2D eigenvalue weighted by Crippen LogP contribution is 2.20. The summed E-state index contributed by atoms with van der Waals surface area (Å²) in [5, 5.41) is 6.81. The summed E-state index contributed by atoms with van der Waals surface area (Å²) >= 11 is 0. The topological polar surface area (TPSA) is 64.4 Å². The van der Waals surface area contributed by atoms with E-state index in [1.807, 2.05) is 26.0 Å². The summed E-state index contributed by atoms with van der Waals surface area (Å²) in [6, 6.07) is 8.27. The number of hydrogen-bond acceptors (Lipinski definition) is 4. The molecule has 0 saturated carbocycles. The van der Waals surface area contributed by atoms with Crippen LogP contribution in [0.25, 0.3) is 0 Å². The summed E-state index contributed by atoms with van der Waals surface area (Å²) in [4.78, 5) is 12.1. The van der Waals surface area contributed by atoms with Crippen molar-refractivity contribution in [3.63, 3.8) is 0 Å². The van der Waals surface area contributed by atoms with Crippen LogP contribution in [0, 0.1) is 13.8 Å². The Hall–Kier alpha value is -2.14. The number of aryl methyl sites for hydroxylation is 2. The number of aromatic nitrogens is 1. The predicted octanol–water partition coefficient (Wildman–Crippen LogP) is 2.09. The summed E-state index contributed by atoms with van der Waals surface area (Å²) in [6.45, 7) is 4.81. The smallest absolute Gasteiger partial charge is 0.224 e. The Morgan fingerprint density at radius 1 is 1.32 bits per heavy atom. The minimum absolute atomic E-state index is 0.0307. The van der Waals surface area contributed by atoms with Gasteiger partial charge >= 0.3 is 0 Å². The van der Waals surface area contributed by atoms with Crippen molar-refractivity contribution >= 4 is 5.91 Å². The van der Waals surface area contributed by atoms with Crippen LogP contribution < -0.4 is 5.32 Å². The molecule has 3 rings (SSSR count). The molecule has 0 bridgehead atoms. The van der Waals surface area contributed by atoms with Gasteiger partial charge in [0, 0.05) is 18.5 Å². The number of rotatable bonds is 4. The molecule has 1 aliphatic rings. The second-order valence-electron chi connectivity index (χ2n) is 5.69. The van der Waals surface area contributed by atoms with E-state index in [9.17, 15) is 4.79 Å². The van der Waals surface area contributed by atoms with Crippen molar-refractivity contribution in [2.45, 2.75) is 39.4 Å². The molecule has 116 valence electrons. The average molecular weight is 300 g/mol. The highest BCUT2D eigenvalue weighted by molar-refractivity contribution is 5.79. The van der Waals surface area contributed by atoms with E-state index in [4.69, 9.17) is 9.26 Å². The molecule has 0 saturated heterocycles. The number of nitrogens with zero attached hydrogens (tertiary/aromatic N) is 1. The van der Waals surface area contributed by atoms with Crippen LogP contribution in [-0.2, 0) is 29.0 Å². The van der Waals surface area contributed by atoms with Crippen LogP contribution in [-0.4, -0.2) is 23.7 Å². The van der Waals surface area contributed by atoms with Gasteiger partial charge < -0.3 is 14.6 Å². The van der Waals surface area contributed by atoms with Gasteiger partial charge in [-0.05, 0) is 25.0 Å². The van der Waals surface area contributed by atoms with Gasteiger partial charge in [0.2, 0.25) is 5.91 Å². The average Bonchev–Trinajstić information content (AvgIpc) is 2.84. The zero-order chi connectivity index (χ0) is 15.5. The number of ether oxygens (including phenoxy) is 1. The number of fused-ring (bicyclic) bond motifs is 1. The Labute approximate surface area is 129 Å². The normalized spacial score (nSPS) is 17.1. The van der Waals surface area contributed by atoms with Crippen LogP contribution in [0.4, 0.5) is 0 Å². The summed E-state index contributed by atoms with van der Waals surface area (Å²) in [6.07, 6.45) is 1.16. The zero-order valence-corrected chi connectivity index (χ0v) is 12.9. The minimum Gasteiger partial charge on any atom is -0.371 e. The lowest BCUT2D eigenvalue weighted by Gasteiger charge is -2.25. The van der Waals surface area contributed by atoms with E-state index in [0.717, 1.165) is 17.7 Å². The first-order valence-corrected chi connectivity index (χ1v) is 7.50. The van der Waals surface area contributed by atoms with Crippen LogP contribution in [0.2, 0.25) is 0 Å². The van der Waals surface area contributed by atoms with Gasteiger partial charge in [0.15, 0.2) is 0 Å². The van der Waals surface area contributed by atoms with E-state index in [1.165, 1.54) is 11.1 Å². The molecule has 2 heterocycles. The highest BCUT2D eigenvalue weighted by atomic mass is 16.5. The predicted molar refractivity (Wildman–Crippen MR) is 81.4 cm³/mol. The third-order valence-electron chi connectivity index (χ3n) is 4.09. The van der Waals surface area contributed by atoms with Crippen molar-refractivity contribution in [3.05, 3.63) is 52.4 Å². The van der Waals surface area contributed by atoms with Crippen molar-refractivity contribution in [1.82, 2.24) is 10.5 Å². The number of benzene rings is 1. The lowest BCUT2D eigenvalue weighted by Crippen LogP contribution is -2.37. The Morgan fingerprint density at radius 3 is 2.82 bits per heavy atom. The first-order valence-electron chi connectivity index (χ1n) is 7.50. The molecule has 1 amide bonds. The van der Waals surface area contributed by atoms with Gasteiger partial charge in [0.1, 0.15) is 5.76 Å².